The fourth-order valence-corrected chi connectivity index (χ4v) is 6.18. The summed E-state index contributed by atoms with van der Waals surface area (Å²) in [6, 6.07) is 13.3. The first kappa shape index (κ1) is 24.6. The van der Waals surface area contributed by atoms with E-state index in [4.69, 9.17) is 21.3 Å². The number of imidazole rings is 1. The van der Waals surface area contributed by atoms with Crippen LogP contribution in [0.25, 0.3) is 11.0 Å². The van der Waals surface area contributed by atoms with Crippen LogP contribution in [0.15, 0.2) is 54.9 Å². The Morgan fingerprint density at radius 1 is 1.28 bits per heavy atom. The molecule has 1 fully saturated rings. The number of hydrogen-bond acceptors (Lipinski definition) is 6. The van der Waals surface area contributed by atoms with Gasteiger partial charge < -0.3 is 19.5 Å². The van der Waals surface area contributed by atoms with Crippen LogP contribution in [0.1, 0.15) is 30.7 Å². The molecule has 1 amide bonds. The molecule has 2 aliphatic rings. The molecule has 0 atom stereocenters. The molecule has 2 heterocycles. The maximum atomic E-state index is 13.9. The van der Waals surface area contributed by atoms with Gasteiger partial charge in [0.25, 0.3) is 0 Å². The Labute approximate surface area is 215 Å². The molecule has 5 rings (SSSR count). The molecule has 36 heavy (non-hydrogen) atoms. The summed E-state index contributed by atoms with van der Waals surface area (Å²) in [5.41, 5.74) is 2.84. The number of ether oxygens (including phenoxy) is 1. The van der Waals surface area contributed by atoms with E-state index in [1.165, 1.54) is 6.26 Å². The van der Waals surface area contributed by atoms with Crippen LogP contribution >= 0.6 is 11.6 Å². The number of rotatable bonds is 9. The van der Waals surface area contributed by atoms with Gasteiger partial charge in [-0.25, -0.2) is 13.4 Å². The number of sulfone groups is 1. The molecule has 1 N–H and O–H groups in total. The molecule has 2 aromatic carbocycles. The van der Waals surface area contributed by atoms with Crippen molar-refractivity contribution < 1.29 is 17.9 Å². The molecule has 10 heteroatoms. The van der Waals surface area contributed by atoms with Crippen LogP contribution in [-0.4, -0.2) is 49.0 Å². The molecular weight excluding hydrogens is 500 g/mol. The first-order valence-corrected chi connectivity index (χ1v) is 14.3. The van der Waals surface area contributed by atoms with E-state index in [-0.39, 0.29) is 24.3 Å². The number of anilines is 1. The monoisotopic (exact) mass is 528 g/mol. The summed E-state index contributed by atoms with van der Waals surface area (Å²) < 4.78 is 31.3. The maximum absolute atomic E-state index is 13.9. The summed E-state index contributed by atoms with van der Waals surface area (Å²) in [6.07, 6.45) is 2.77. The highest BCUT2D eigenvalue weighted by atomic mass is 35.5. The van der Waals surface area contributed by atoms with Crippen molar-refractivity contribution in [2.45, 2.75) is 43.9 Å². The molecule has 1 aliphatic carbocycles. The van der Waals surface area contributed by atoms with E-state index in [1.807, 2.05) is 34.9 Å². The fourth-order valence-electron chi connectivity index (χ4n) is 5.36. The number of nitrogens with zero attached hydrogens (tertiary/aromatic N) is 3. The van der Waals surface area contributed by atoms with Crippen molar-refractivity contribution in [1.82, 2.24) is 14.9 Å². The van der Waals surface area contributed by atoms with Crippen molar-refractivity contribution in [1.29, 1.82) is 0 Å². The third kappa shape index (κ3) is 4.35. The van der Waals surface area contributed by atoms with E-state index in [1.54, 1.807) is 24.1 Å². The molecule has 3 aromatic rings. The maximum Gasteiger partial charge on any atom is 0.238 e. The highest BCUT2D eigenvalue weighted by molar-refractivity contribution is 7.90. The van der Waals surface area contributed by atoms with E-state index < -0.39 is 15.3 Å². The molecule has 0 radical (unpaired) electrons. The van der Waals surface area contributed by atoms with Crippen molar-refractivity contribution in [3.05, 3.63) is 71.3 Å². The summed E-state index contributed by atoms with van der Waals surface area (Å²) in [5, 5.41) is 3.46. The topological polar surface area (TPSA) is 93.5 Å². The quantitative estimate of drug-likeness (QED) is 0.425. The third-order valence-corrected chi connectivity index (χ3v) is 8.36. The lowest BCUT2D eigenvalue weighted by Gasteiger charge is -2.43. The minimum absolute atomic E-state index is 0.0337. The second-order valence-corrected chi connectivity index (χ2v) is 12.3. The van der Waals surface area contributed by atoms with Crippen LogP contribution in [0.3, 0.4) is 0 Å². The van der Waals surface area contributed by atoms with E-state index in [9.17, 15) is 13.2 Å². The highest BCUT2D eigenvalue weighted by Crippen LogP contribution is 2.54. The summed E-state index contributed by atoms with van der Waals surface area (Å²) in [7, 11) is -1.34. The number of halogens is 1. The molecule has 1 aliphatic heterocycles. The summed E-state index contributed by atoms with van der Waals surface area (Å²) in [4.78, 5) is 20.5. The van der Waals surface area contributed by atoms with Gasteiger partial charge in [-0.05, 0) is 42.8 Å². The van der Waals surface area contributed by atoms with Crippen LogP contribution in [0.2, 0.25) is 5.02 Å². The van der Waals surface area contributed by atoms with Gasteiger partial charge in [-0.3, -0.25) is 4.79 Å². The minimum atomic E-state index is -3.09. The van der Waals surface area contributed by atoms with E-state index in [2.05, 4.69) is 11.9 Å². The number of carbonyl (C=O) groups is 1. The van der Waals surface area contributed by atoms with E-state index in [0.717, 1.165) is 16.8 Å². The second-order valence-electron chi connectivity index (χ2n) is 9.61. The van der Waals surface area contributed by atoms with E-state index >= 15 is 0 Å². The number of amides is 1. The third-order valence-electron chi connectivity index (χ3n) is 7.09. The van der Waals surface area contributed by atoms with Crippen molar-refractivity contribution in [2.24, 2.45) is 0 Å². The van der Waals surface area contributed by atoms with Gasteiger partial charge in [-0.1, -0.05) is 29.8 Å². The Morgan fingerprint density at radius 3 is 2.75 bits per heavy atom. The molecular formula is C26H29ClN4O4S. The van der Waals surface area contributed by atoms with Gasteiger partial charge in [0, 0.05) is 43.4 Å². The average Bonchev–Trinajstić information content (AvgIpc) is 3.25. The molecule has 8 nitrogen and oxygen atoms in total. The summed E-state index contributed by atoms with van der Waals surface area (Å²) >= 11 is 6.21. The zero-order valence-corrected chi connectivity index (χ0v) is 21.9. The molecule has 0 unspecified atom stereocenters. The smallest absolute Gasteiger partial charge is 0.238 e. The number of benzene rings is 2. The van der Waals surface area contributed by atoms with Crippen LogP contribution in [0.4, 0.5) is 5.69 Å². The molecule has 1 saturated carbocycles. The average molecular weight is 529 g/mol. The zero-order chi connectivity index (χ0) is 25.7. The first-order valence-electron chi connectivity index (χ1n) is 11.9. The predicted molar refractivity (Wildman–Crippen MR) is 141 cm³/mol. The van der Waals surface area contributed by atoms with Gasteiger partial charge >= 0.3 is 0 Å². The lowest BCUT2D eigenvalue weighted by atomic mass is 9.63. The van der Waals surface area contributed by atoms with Crippen molar-refractivity contribution >= 4 is 44.1 Å². The largest absolute Gasteiger partial charge is 0.476 e. The Morgan fingerprint density at radius 2 is 2.03 bits per heavy atom. The van der Waals surface area contributed by atoms with Crippen LogP contribution < -0.4 is 10.2 Å². The Balaban J connectivity index is 1.46. The number of carbonyl (C=O) groups excluding carboxylic acids is 1. The number of hydrogen-bond donors (Lipinski definition) is 1. The lowest BCUT2D eigenvalue weighted by molar-refractivity contribution is -0.132. The minimum Gasteiger partial charge on any atom is -0.476 e. The van der Waals surface area contributed by atoms with Gasteiger partial charge in [0.15, 0.2) is 5.88 Å². The standard InChI is InChI=1S/C26H29ClN4O4S/c1-17(28-2)35-19-14-26(15-19)20-7-4-5-8-22(20)31(25(26)32)16-24-29-21-13-18(27)9-10-23(21)30(24)11-6-12-36(3,33)34/h4-5,7-10,13,19,28H,1,6,11-12,14-16H2,2-3H3. The van der Waals surface area contributed by atoms with Gasteiger partial charge in [-0.2, -0.15) is 0 Å². The van der Waals surface area contributed by atoms with Crippen molar-refractivity contribution in [2.75, 3.05) is 24.0 Å². The van der Waals surface area contributed by atoms with Crippen LogP contribution in [0, 0.1) is 0 Å². The second kappa shape index (κ2) is 9.12. The number of fused-ring (bicyclic) bond motifs is 3. The van der Waals surface area contributed by atoms with Crippen molar-refractivity contribution in [3.63, 3.8) is 0 Å². The molecule has 0 bridgehead atoms. The van der Waals surface area contributed by atoms with E-state index in [0.29, 0.717) is 48.1 Å². The SMILES string of the molecule is C=C(NC)OC1CC2(C1)C(=O)N(Cc1nc3cc(Cl)ccc3n1CCCS(C)(=O)=O)c1ccccc12. The first-order chi connectivity index (χ1) is 17.1. The fraction of sp³-hybridized carbons (Fsp3) is 0.385. The van der Waals surface area contributed by atoms with Crippen LogP contribution in [0.5, 0.6) is 0 Å². The molecule has 190 valence electrons. The van der Waals surface area contributed by atoms with Crippen LogP contribution in [-0.2, 0) is 37.9 Å². The van der Waals surface area contributed by atoms with Gasteiger partial charge in [0.1, 0.15) is 21.8 Å². The number of nitrogens with one attached hydrogen (secondary N) is 1. The van der Waals surface area contributed by atoms with Crippen molar-refractivity contribution in [3.8, 4) is 0 Å². The van der Waals surface area contributed by atoms with Gasteiger partial charge in [0.05, 0.1) is 28.7 Å². The highest BCUT2D eigenvalue weighted by Gasteiger charge is 2.59. The lowest BCUT2D eigenvalue weighted by Crippen LogP contribution is -2.52. The van der Waals surface area contributed by atoms with Gasteiger partial charge in [-0.15, -0.1) is 0 Å². The van der Waals surface area contributed by atoms with Gasteiger partial charge in [0.2, 0.25) is 5.91 Å². The Bertz CT molecular complexity index is 1460. The predicted octanol–water partition coefficient (Wildman–Crippen LogP) is 3.78. The Hall–Kier alpha value is -3.04. The molecule has 0 saturated heterocycles. The Kier molecular flexibility index (Phi) is 6.24. The summed E-state index contributed by atoms with van der Waals surface area (Å²) in [6.45, 7) is 4.58. The molecule has 1 spiro atoms. The number of para-hydroxylation sites is 1. The zero-order valence-electron chi connectivity index (χ0n) is 20.3. The molecule has 1 aromatic heterocycles. The number of aromatic nitrogens is 2. The summed E-state index contributed by atoms with van der Waals surface area (Å²) in [5.74, 6) is 1.29. The normalized spacial score (nSPS) is 21.0. The number of aryl methyl sites for hydroxylation is 1.